The average molecular weight is 351 g/mol. The highest BCUT2D eigenvalue weighted by Gasteiger charge is 2.35. The summed E-state index contributed by atoms with van der Waals surface area (Å²) in [5.41, 5.74) is 0.807. The largest absolute Gasteiger partial charge is 0.354 e. The Hall–Kier alpha value is -1.79. The van der Waals surface area contributed by atoms with Gasteiger partial charge in [-0.3, -0.25) is 19.3 Å². The van der Waals surface area contributed by atoms with Gasteiger partial charge in [0.15, 0.2) is 0 Å². The number of nitrogens with zero attached hydrogens (tertiary/aromatic N) is 1. The maximum atomic E-state index is 12.3. The summed E-state index contributed by atoms with van der Waals surface area (Å²) in [6.45, 7) is 0.489. The fourth-order valence-electron chi connectivity index (χ4n) is 2.18. The van der Waals surface area contributed by atoms with Crippen LogP contribution < -0.4 is 5.32 Å². The summed E-state index contributed by atoms with van der Waals surface area (Å²) in [6, 6.07) is 7.02. The van der Waals surface area contributed by atoms with Crippen molar-refractivity contribution in [1.82, 2.24) is 10.2 Å². The molecular formula is C16H15ClN2O3S. The molecule has 3 rings (SSSR count). The van der Waals surface area contributed by atoms with E-state index in [-0.39, 0.29) is 29.5 Å². The number of hydrogen-bond acceptors (Lipinski definition) is 4. The predicted molar refractivity (Wildman–Crippen MR) is 89.9 cm³/mol. The Morgan fingerprint density at radius 1 is 1.30 bits per heavy atom. The van der Waals surface area contributed by atoms with Gasteiger partial charge >= 0.3 is 0 Å². The molecule has 1 aromatic carbocycles. The first kappa shape index (κ1) is 16.1. The molecule has 0 bridgehead atoms. The first-order valence-corrected chi connectivity index (χ1v) is 8.52. The summed E-state index contributed by atoms with van der Waals surface area (Å²) in [6.07, 6.45) is 3.53. The molecule has 120 valence electrons. The van der Waals surface area contributed by atoms with Crippen molar-refractivity contribution in [1.29, 1.82) is 0 Å². The first-order chi connectivity index (χ1) is 11.0. The van der Waals surface area contributed by atoms with Gasteiger partial charge in [0, 0.05) is 24.0 Å². The van der Waals surface area contributed by atoms with Crippen LogP contribution >= 0.6 is 23.4 Å². The molecule has 3 amide bonds. The van der Waals surface area contributed by atoms with Gasteiger partial charge in [0.05, 0.1) is 4.91 Å². The summed E-state index contributed by atoms with van der Waals surface area (Å²) < 4.78 is 0. The number of carbonyl (C=O) groups excluding carboxylic acids is 3. The Morgan fingerprint density at radius 2 is 2.00 bits per heavy atom. The molecule has 1 aliphatic heterocycles. The van der Waals surface area contributed by atoms with Crippen molar-refractivity contribution in [2.75, 3.05) is 13.1 Å². The van der Waals surface area contributed by atoms with E-state index in [1.165, 1.54) is 4.90 Å². The third-order valence-corrected chi connectivity index (χ3v) is 4.78. The van der Waals surface area contributed by atoms with Crippen LogP contribution in [-0.4, -0.2) is 35.0 Å². The fourth-order valence-corrected chi connectivity index (χ4v) is 3.17. The molecule has 1 N–H and O–H groups in total. The minimum Gasteiger partial charge on any atom is -0.354 e. The Balaban J connectivity index is 1.60. The molecule has 5 nitrogen and oxygen atoms in total. The molecule has 23 heavy (non-hydrogen) atoms. The highest BCUT2D eigenvalue weighted by Crippen LogP contribution is 2.32. The summed E-state index contributed by atoms with van der Waals surface area (Å²) in [5, 5.41) is 3.06. The molecule has 1 aliphatic carbocycles. The van der Waals surface area contributed by atoms with Crippen LogP contribution in [0.2, 0.25) is 5.02 Å². The lowest BCUT2D eigenvalue weighted by atomic mass is 10.2. The Kier molecular flexibility index (Phi) is 4.73. The normalized spacial score (nSPS) is 19.5. The Labute approximate surface area is 143 Å². The van der Waals surface area contributed by atoms with Gasteiger partial charge in [-0.25, -0.2) is 0 Å². The van der Waals surface area contributed by atoms with Crippen LogP contribution in [-0.2, 0) is 9.59 Å². The highest BCUT2D eigenvalue weighted by molar-refractivity contribution is 8.18. The third-order valence-electron chi connectivity index (χ3n) is 3.62. The average Bonchev–Trinajstić information content (AvgIpc) is 3.33. The van der Waals surface area contributed by atoms with E-state index >= 15 is 0 Å². The van der Waals surface area contributed by atoms with Gasteiger partial charge < -0.3 is 5.32 Å². The molecule has 1 heterocycles. The van der Waals surface area contributed by atoms with E-state index < -0.39 is 0 Å². The van der Waals surface area contributed by atoms with E-state index in [1.807, 2.05) is 0 Å². The number of thioether (sulfide) groups is 1. The molecule has 2 fully saturated rings. The molecule has 7 heteroatoms. The monoisotopic (exact) mass is 350 g/mol. The lowest BCUT2D eigenvalue weighted by Crippen LogP contribution is -2.37. The number of imide groups is 1. The molecule has 0 radical (unpaired) electrons. The quantitative estimate of drug-likeness (QED) is 0.829. The smallest absolute Gasteiger partial charge is 0.293 e. The zero-order valence-corrected chi connectivity index (χ0v) is 13.8. The molecule has 0 atom stereocenters. The molecule has 1 saturated heterocycles. The van der Waals surface area contributed by atoms with E-state index in [0.29, 0.717) is 16.5 Å². The SMILES string of the molecule is O=C(NCCN1C(=O)S/C(=C\c2ccc(Cl)cc2)C1=O)C1CC1. The lowest BCUT2D eigenvalue weighted by molar-refractivity contribution is -0.124. The van der Waals surface area contributed by atoms with E-state index in [9.17, 15) is 14.4 Å². The first-order valence-electron chi connectivity index (χ1n) is 7.33. The van der Waals surface area contributed by atoms with Gasteiger partial charge in [-0.2, -0.15) is 0 Å². The second-order valence-corrected chi connectivity index (χ2v) is 6.88. The van der Waals surface area contributed by atoms with E-state index in [0.717, 1.165) is 30.2 Å². The number of halogens is 1. The zero-order valence-electron chi connectivity index (χ0n) is 12.3. The van der Waals surface area contributed by atoms with Crippen molar-refractivity contribution >= 4 is 46.5 Å². The van der Waals surface area contributed by atoms with Crippen molar-refractivity contribution in [3.63, 3.8) is 0 Å². The second-order valence-electron chi connectivity index (χ2n) is 5.45. The van der Waals surface area contributed by atoms with Gasteiger partial charge in [0.1, 0.15) is 0 Å². The summed E-state index contributed by atoms with van der Waals surface area (Å²) in [4.78, 5) is 37.3. The minimum atomic E-state index is -0.323. The van der Waals surface area contributed by atoms with Gasteiger partial charge in [-0.05, 0) is 48.4 Å². The number of nitrogens with one attached hydrogen (secondary N) is 1. The highest BCUT2D eigenvalue weighted by atomic mass is 35.5. The third kappa shape index (κ3) is 3.95. The standard InChI is InChI=1S/C16H15ClN2O3S/c17-12-5-1-10(2-6-12)9-13-15(21)19(16(22)23-13)8-7-18-14(20)11-3-4-11/h1-2,5-6,9,11H,3-4,7-8H2,(H,18,20)/b13-9-. The summed E-state index contributed by atoms with van der Waals surface area (Å²) in [7, 11) is 0. The van der Waals surface area contributed by atoms with E-state index in [1.54, 1.807) is 30.3 Å². The Bertz CT molecular complexity index is 683. The van der Waals surface area contributed by atoms with Gasteiger partial charge in [0.2, 0.25) is 5.91 Å². The van der Waals surface area contributed by atoms with Crippen molar-refractivity contribution in [3.8, 4) is 0 Å². The van der Waals surface area contributed by atoms with Crippen molar-refractivity contribution in [3.05, 3.63) is 39.8 Å². The second kappa shape index (κ2) is 6.76. The van der Waals surface area contributed by atoms with Crippen LogP contribution in [0.5, 0.6) is 0 Å². The maximum absolute atomic E-state index is 12.3. The molecule has 0 aromatic heterocycles. The van der Waals surface area contributed by atoms with Crippen LogP contribution in [0.15, 0.2) is 29.2 Å². The molecule has 0 unspecified atom stereocenters. The van der Waals surface area contributed by atoms with Gasteiger partial charge in [-0.1, -0.05) is 23.7 Å². The fraction of sp³-hybridized carbons (Fsp3) is 0.312. The zero-order chi connectivity index (χ0) is 16.4. The van der Waals surface area contributed by atoms with Gasteiger partial charge in [0.25, 0.3) is 11.1 Å². The number of carbonyl (C=O) groups is 3. The minimum absolute atomic E-state index is 0.00803. The van der Waals surface area contributed by atoms with E-state index in [2.05, 4.69) is 5.32 Å². The maximum Gasteiger partial charge on any atom is 0.293 e. The van der Waals surface area contributed by atoms with E-state index in [4.69, 9.17) is 11.6 Å². The summed E-state index contributed by atoms with van der Waals surface area (Å²) in [5.74, 6) is -0.195. The predicted octanol–water partition coefficient (Wildman–Crippen LogP) is 2.90. The van der Waals surface area contributed by atoms with Crippen LogP contribution in [0.3, 0.4) is 0 Å². The Morgan fingerprint density at radius 3 is 2.65 bits per heavy atom. The summed E-state index contributed by atoms with van der Waals surface area (Å²) >= 11 is 6.73. The van der Waals surface area contributed by atoms with Crippen molar-refractivity contribution in [2.45, 2.75) is 12.8 Å². The van der Waals surface area contributed by atoms with Crippen LogP contribution in [0, 0.1) is 5.92 Å². The van der Waals surface area contributed by atoms with Crippen LogP contribution in [0.1, 0.15) is 18.4 Å². The number of benzene rings is 1. The molecule has 1 aromatic rings. The lowest BCUT2D eigenvalue weighted by Gasteiger charge is -2.12. The van der Waals surface area contributed by atoms with Gasteiger partial charge in [-0.15, -0.1) is 0 Å². The molecule has 1 saturated carbocycles. The molecular weight excluding hydrogens is 336 g/mol. The molecule has 0 spiro atoms. The molecule has 2 aliphatic rings. The number of hydrogen-bond donors (Lipinski definition) is 1. The van der Waals surface area contributed by atoms with Crippen LogP contribution in [0.25, 0.3) is 6.08 Å². The topological polar surface area (TPSA) is 66.5 Å². The number of rotatable bonds is 5. The van der Waals surface area contributed by atoms with Crippen molar-refractivity contribution < 1.29 is 14.4 Å². The van der Waals surface area contributed by atoms with Crippen LogP contribution in [0.4, 0.5) is 4.79 Å². The number of amides is 3. The van der Waals surface area contributed by atoms with Crippen molar-refractivity contribution in [2.24, 2.45) is 5.92 Å².